The number of sulfonamides is 1. The van der Waals surface area contributed by atoms with Gasteiger partial charge >= 0.3 is 0 Å². The molecule has 0 aromatic heterocycles. The minimum absolute atomic E-state index is 0.0978. The van der Waals surface area contributed by atoms with E-state index in [4.69, 9.17) is 11.6 Å². The lowest BCUT2D eigenvalue weighted by molar-refractivity contribution is 0.580. The minimum Gasteiger partial charge on any atom is -0.313 e. The zero-order valence-electron chi connectivity index (χ0n) is 11.2. The molecule has 1 aliphatic carbocycles. The van der Waals surface area contributed by atoms with Crippen LogP contribution in [0.5, 0.6) is 0 Å². The molecule has 0 amide bonds. The van der Waals surface area contributed by atoms with Crippen LogP contribution < -0.4 is 10.0 Å². The summed E-state index contributed by atoms with van der Waals surface area (Å²) in [5, 5.41) is 3.64. The Morgan fingerprint density at radius 1 is 1.37 bits per heavy atom. The van der Waals surface area contributed by atoms with E-state index >= 15 is 0 Å². The van der Waals surface area contributed by atoms with E-state index in [1.807, 2.05) is 19.9 Å². The van der Waals surface area contributed by atoms with Gasteiger partial charge in [0, 0.05) is 17.6 Å². The van der Waals surface area contributed by atoms with Crippen molar-refractivity contribution in [3.8, 4) is 0 Å². The van der Waals surface area contributed by atoms with Gasteiger partial charge in [-0.2, -0.15) is 0 Å². The van der Waals surface area contributed by atoms with Gasteiger partial charge in [-0.1, -0.05) is 18.5 Å². The molecule has 1 saturated carbocycles. The minimum atomic E-state index is -3.46. The largest absolute Gasteiger partial charge is 0.313 e. The molecule has 1 aromatic carbocycles. The van der Waals surface area contributed by atoms with Crippen molar-refractivity contribution in [2.24, 2.45) is 0 Å². The maximum Gasteiger partial charge on any atom is 0.241 e. The second-order valence-corrected chi connectivity index (χ2v) is 6.98. The van der Waals surface area contributed by atoms with Gasteiger partial charge in [-0.05, 0) is 49.6 Å². The van der Waals surface area contributed by atoms with Gasteiger partial charge in [-0.15, -0.1) is 0 Å². The fraction of sp³-hybridized carbons (Fsp3) is 0.538. The maximum atomic E-state index is 12.3. The van der Waals surface area contributed by atoms with Gasteiger partial charge in [-0.25, -0.2) is 13.1 Å². The van der Waals surface area contributed by atoms with E-state index in [0.717, 1.165) is 30.5 Å². The quantitative estimate of drug-likeness (QED) is 0.847. The van der Waals surface area contributed by atoms with Crippen LogP contribution in [0.3, 0.4) is 0 Å². The Morgan fingerprint density at radius 2 is 2.05 bits per heavy atom. The van der Waals surface area contributed by atoms with Gasteiger partial charge in [0.15, 0.2) is 0 Å². The van der Waals surface area contributed by atoms with E-state index < -0.39 is 10.0 Å². The smallest absolute Gasteiger partial charge is 0.241 e. The van der Waals surface area contributed by atoms with E-state index in [1.54, 1.807) is 0 Å². The van der Waals surface area contributed by atoms with Crippen LogP contribution in [-0.2, 0) is 16.6 Å². The first kappa shape index (κ1) is 14.8. The lowest BCUT2D eigenvalue weighted by atomic mass is 10.1. The Kier molecular flexibility index (Phi) is 4.50. The molecule has 106 valence electrons. The van der Waals surface area contributed by atoms with Crippen molar-refractivity contribution in [2.45, 2.75) is 44.2 Å². The molecule has 0 atom stereocenters. The summed E-state index contributed by atoms with van der Waals surface area (Å²) in [5.74, 6) is 0. The number of halogens is 1. The Hall–Kier alpha value is -0.620. The summed E-state index contributed by atoms with van der Waals surface area (Å²) >= 11 is 6.04. The van der Waals surface area contributed by atoms with Crippen LogP contribution in [0, 0.1) is 6.92 Å². The molecular weight excluding hydrogens is 284 g/mol. The molecule has 1 aromatic rings. The Morgan fingerprint density at radius 3 is 2.63 bits per heavy atom. The van der Waals surface area contributed by atoms with E-state index in [9.17, 15) is 8.42 Å². The van der Waals surface area contributed by atoms with Crippen LogP contribution >= 0.6 is 11.6 Å². The summed E-state index contributed by atoms with van der Waals surface area (Å²) in [5.41, 5.74) is 1.68. The van der Waals surface area contributed by atoms with Gasteiger partial charge in [0.25, 0.3) is 0 Å². The van der Waals surface area contributed by atoms with Crippen LogP contribution in [-0.4, -0.2) is 21.0 Å². The van der Waals surface area contributed by atoms with Crippen molar-refractivity contribution in [2.75, 3.05) is 6.54 Å². The average Bonchev–Trinajstić information content (AvgIpc) is 3.12. The number of benzene rings is 1. The first-order chi connectivity index (χ1) is 8.94. The first-order valence-corrected chi connectivity index (χ1v) is 8.32. The van der Waals surface area contributed by atoms with Crippen LogP contribution in [0.1, 0.15) is 30.9 Å². The van der Waals surface area contributed by atoms with E-state index in [-0.39, 0.29) is 6.04 Å². The highest BCUT2D eigenvalue weighted by Gasteiger charge is 2.29. The van der Waals surface area contributed by atoms with Crippen molar-refractivity contribution >= 4 is 21.6 Å². The highest BCUT2D eigenvalue weighted by Crippen LogP contribution is 2.27. The van der Waals surface area contributed by atoms with Crippen molar-refractivity contribution in [1.29, 1.82) is 0 Å². The summed E-state index contributed by atoms with van der Waals surface area (Å²) in [6.45, 7) is 5.28. The summed E-state index contributed by atoms with van der Waals surface area (Å²) in [4.78, 5) is 0.291. The van der Waals surface area contributed by atoms with Gasteiger partial charge in [-0.3, -0.25) is 0 Å². The lowest BCUT2D eigenvalue weighted by Crippen LogP contribution is -2.27. The topological polar surface area (TPSA) is 58.2 Å². The second-order valence-electron chi connectivity index (χ2n) is 4.86. The zero-order chi connectivity index (χ0) is 14.0. The van der Waals surface area contributed by atoms with Crippen LogP contribution in [0.15, 0.2) is 17.0 Å². The van der Waals surface area contributed by atoms with Crippen molar-refractivity contribution in [3.05, 3.63) is 28.3 Å². The monoisotopic (exact) mass is 302 g/mol. The fourth-order valence-electron chi connectivity index (χ4n) is 1.91. The van der Waals surface area contributed by atoms with Gasteiger partial charge in [0.05, 0.1) is 4.90 Å². The molecule has 4 nitrogen and oxygen atoms in total. The van der Waals surface area contributed by atoms with Crippen molar-refractivity contribution in [3.63, 3.8) is 0 Å². The molecule has 2 N–H and O–H groups in total. The molecule has 2 rings (SSSR count). The number of nitrogens with one attached hydrogen (secondary N) is 2. The summed E-state index contributed by atoms with van der Waals surface area (Å²) in [6.07, 6.45) is 1.84. The molecule has 6 heteroatoms. The predicted octanol–water partition coefficient (Wildman–Crippen LogP) is 2.20. The number of hydrogen-bond donors (Lipinski definition) is 2. The summed E-state index contributed by atoms with van der Waals surface area (Å²) in [6, 6.07) is 3.44. The predicted molar refractivity (Wildman–Crippen MR) is 76.9 cm³/mol. The summed E-state index contributed by atoms with van der Waals surface area (Å²) in [7, 11) is -3.46. The third-order valence-electron chi connectivity index (χ3n) is 3.19. The maximum absolute atomic E-state index is 12.3. The standard InChI is InChI=1S/C13H19ClN2O2S/c1-3-15-8-10-6-11(14)7-13(9(10)2)19(17,18)16-12-4-5-12/h6-7,12,15-16H,3-5,8H2,1-2H3. The molecule has 0 saturated heterocycles. The van der Waals surface area contributed by atoms with Gasteiger partial charge < -0.3 is 5.32 Å². The highest BCUT2D eigenvalue weighted by molar-refractivity contribution is 7.89. The molecule has 0 unspecified atom stereocenters. The molecule has 1 aliphatic rings. The number of hydrogen-bond acceptors (Lipinski definition) is 3. The third-order valence-corrected chi connectivity index (χ3v) is 5.05. The summed E-state index contributed by atoms with van der Waals surface area (Å²) < 4.78 is 27.3. The van der Waals surface area contributed by atoms with E-state index in [2.05, 4.69) is 10.0 Å². The molecule has 0 bridgehead atoms. The molecule has 1 fully saturated rings. The first-order valence-electron chi connectivity index (χ1n) is 6.46. The van der Waals surface area contributed by atoms with Gasteiger partial charge in [0.2, 0.25) is 10.0 Å². The lowest BCUT2D eigenvalue weighted by Gasteiger charge is -2.13. The van der Waals surface area contributed by atoms with E-state index in [1.165, 1.54) is 6.07 Å². The van der Waals surface area contributed by atoms with Crippen molar-refractivity contribution in [1.82, 2.24) is 10.0 Å². The molecule has 0 spiro atoms. The third kappa shape index (κ3) is 3.69. The fourth-order valence-corrected chi connectivity index (χ4v) is 3.84. The van der Waals surface area contributed by atoms with Crippen LogP contribution in [0.4, 0.5) is 0 Å². The Labute approximate surface area is 119 Å². The Balaban J connectivity index is 2.35. The van der Waals surface area contributed by atoms with Crippen molar-refractivity contribution < 1.29 is 8.42 Å². The molecule has 0 heterocycles. The molecule has 19 heavy (non-hydrogen) atoms. The molecular formula is C13H19ClN2O2S. The Bertz CT molecular complexity index is 568. The zero-order valence-corrected chi connectivity index (χ0v) is 12.7. The van der Waals surface area contributed by atoms with Gasteiger partial charge in [0.1, 0.15) is 0 Å². The SMILES string of the molecule is CCNCc1cc(Cl)cc(S(=O)(=O)NC2CC2)c1C. The van der Waals surface area contributed by atoms with Crippen LogP contribution in [0.2, 0.25) is 5.02 Å². The van der Waals surface area contributed by atoms with E-state index in [0.29, 0.717) is 16.5 Å². The molecule has 0 aliphatic heterocycles. The van der Waals surface area contributed by atoms with Crippen LogP contribution in [0.25, 0.3) is 0 Å². The average molecular weight is 303 g/mol. The second kappa shape index (κ2) is 5.79. The number of rotatable bonds is 6. The highest BCUT2D eigenvalue weighted by atomic mass is 35.5. The normalized spacial score (nSPS) is 15.7. The molecule has 0 radical (unpaired) electrons.